The predicted molar refractivity (Wildman–Crippen MR) is 99.9 cm³/mol. The summed E-state index contributed by atoms with van der Waals surface area (Å²) < 4.78 is 0. The van der Waals surface area contributed by atoms with Gasteiger partial charge in [0.25, 0.3) is 0 Å². The number of hydrogen-bond acceptors (Lipinski definition) is 3. The molecule has 2 rings (SSSR count). The van der Waals surface area contributed by atoms with Crippen molar-refractivity contribution in [2.24, 2.45) is 0 Å². The lowest BCUT2D eigenvalue weighted by molar-refractivity contribution is -0.118. The van der Waals surface area contributed by atoms with Crippen LogP contribution in [0.4, 0.5) is 0 Å². The van der Waals surface area contributed by atoms with Crippen molar-refractivity contribution in [3.05, 3.63) is 35.4 Å². The molecule has 0 spiro atoms. The molecule has 1 N–H and O–H groups in total. The molecule has 0 bridgehead atoms. The van der Waals surface area contributed by atoms with Gasteiger partial charge >= 0.3 is 0 Å². The van der Waals surface area contributed by atoms with Crippen LogP contribution in [0.25, 0.3) is 0 Å². The lowest BCUT2D eigenvalue weighted by Crippen LogP contribution is -2.31. The van der Waals surface area contributed by atoms with Gasteiger partial charge in [0, 0.05) is 12.3 Å². The average Bonchev–Trinajstić information content (AvgIpc) is 2.82. The molecule has 1 aromatic rings. The number of carbonyl (C=O) groups excluding carboxylic acids is 1. The minimum Gasteiger partial charge on any atom is -0.355 e. The molecular formula is C19H30N2OS. The van der Waals surface area contributed by atoms with E-state index >= 15 is 0 Å². The fourth-order valence-electron chi connectivity index (χ4n) is 2.89. The predicted octanol–water partition coefficient (Wildman–Crippen LogP) is 3.61. The quantitative estimate of drug-likeness (QED) is 0.737. The fourth-order valence-corrected chi connectivity index (χ4v) is 3.70. The van der Waals surface area contributed by atoms with Crippen LogP contribution in [0.15, 0.2) is 24.3 Å². The van der Waals surface area contributed by atoms with Gasteiger partial charge in [0.05, 0.1) is 5.75 Å². The molecule has 0 aromatic heterocycles. The topological polar surface area (TPSA) is 32.3 Å². The highest BCUT2D eigenvalue weighted by molar-refractivity contribution is 7.99. The monoisotopic (exact) mass is 334 g/mol. The van der Waals surface area contributed by atoms with Crippen LogP contribution >= 0.6 is 11.8 Å². The van der Waals surface area contributed by atoms with E-state index in [0.717, 1.165) is 25.3 Å². The third-order valence-electron chi connectivity index (χ3n) is 4.29. The second-order valence-electron chi connectivity index (χ2n) is 6.44. The van der Waals surface area contributed by atoms with E-state index in [1.807, 2.05) is 0 Å². The number of carbonyl (C=O) groups is 1. The van der Waals surface area contributed by atoms with Gasteiger partial charge in [-0.25, -0.2) is 0 Å². The van der Waals surface area contributed by atoms with Crippen molar-refractivity contribution in [2.75, 3.05) is 31.9 Å². The SMILES string of the molecule is Cc1ccc(CSCC(=O)NCCCN2CCCCCC2)cc1. The van der Waals surface area contributed by atoms with E-state index in [1.54, 1.807) is 11.8 Å². The van der Waals surface area contributed by atoms with Gasteiger partial charge in [0.2, 0.25) is 5.91 Å². The number of amides is 1. The maximum absolute atomic E-state index is 11.8. The van der Waals surface area contributed by atoms with Gasteiger partial charge < -0.3 is 10.2 Å². The van der Waals surface area contributed by atoms with Gasteiger partial charge in [-0.2, -0.15) is 0 Å². The van der Waals surface area contributed by atoms with Crippen LogP contribution in [0, 0.1) is 6.92 Å². The van der Waals surface area contributed by atoms with Crippen LogP contribution in [0.2, 0.25) is 0 Å². The molecule has 1 aromatic carbocycles. The lowest BCUT2D eigenvalue weighted by atomic mass is 10.2. The summed E-state index contributed by atoms with van der Waals surface area (Å²) in [6, 6.07) is 8.53. The highest BCUT2D eigenvalue weighted by Gasteiger charge is 2.08. The molecule has 1 aliphatic heterocycles. The minimum absolute atomic E-state index is 0.165. The molecule has 0 unspecified atom stereocenters. The van der Waals surface area contributed by atoms with E-state index in [1.165, 1.54) is 49.9 Å². The smallest absolute Gasteiger partial charge is 0.230 e. The lowest BCUT2D eigenvalue weighted by Gasteiger charge is -2.19. The van der Waals surface area contributed by atoms with Gasteiger partial charge in [-0.15, -0.1) is 11.8 Å². The number of rotatable bonds is 8. The number of hydrogen-bond donors (Lipinski definition) is 1. The zero-order valence-electron chi connectivity index (χ0n) is 14.4. The zero-order valence-corrected chi connectivity index (χ0v) is 15.2. The van der Waals surface area contributed by atoms with Gasteiger partial charge in [0.15, 0.2) is 0 Å². The standard InChI is InChI=1S/C19H30N2OS/c1-17-7-9-18(10-8-17)15-23-16-19(22)20-11-6-14-21-12-4-2-3-5-13-21/h7-10H,2-6,11-16H2,1H3,(H,20,22). The number of nitrogens with zero attached hydrogens (tertiary/aromatic N) is 1. The molecule has 1 heterocycles. The molecule has 1 amide bonds. The number of nitrogens with one attached hydrogen (secondary N) is 1. The molecule has 128 valence electrons. The minimum atomic E-state index is 0.165. The maximum Gasteiger partial charge on any atom is 0.230 e. The van der Waals surface area contributed by atoms with Crippen LogP contribution < -0.4 is 5.32 Å². The van der Waals surface area contributed by atoms with E-state index in [9.17, 15) is 4.79 Å². The Bertz CT molecular complexity index is 453. The summed E-state index contributed by atoms with van der Waals surface area (Å²) in [5.41, 5.74) is 2.57. The van der Waals surface area contributed by atoms with Crippen LogP contribution in [0.5, 0.6) is 0 Å². The second-order valence-corrected chi connectivity index (χ2v) is 7.42. The zero-order chi connectivity index (χ0) is 16.3. The highest BCUT2D eigenvalue weighted by atomic mass is 32.2. The van der Waals surface area contributed by atoms with Crippen molar-refractivity contribution in [3.63, 3.8) is 0 Å². The van der Waals surface area contributed by atoms with Crippen LogP contribution in [0.1, 0.15) is 43.2 Å². The molecule has 0 aliphatic carbocycles. The van der Waals surface area contributed by atoms with Crippen molar-refractivity contribution in [3.8, 4) is 0 Å². The summed E-state index contributed by atoms with van der Waals surface area (Å²) in [6.45, 7) is 6.49. The molecular weight excluding hydrogens is 304 g/mol. The Morgan fingerprint density at radius 2 is 1.83 bits per heavy atom. The summed E-state index contributed by atoms with van der Waals surface area (Å²) >= 11 is 1.69. The molecule has 1 fully saturated rings. The summed E-state index contributed by atoms with van der Waals surface area (Å²) in [4.78, 5) is 14.4. The first-order valence-corrected chi connectivity index (χ1v) is 10.0. The third-order valence-corrected chi connectivity index (χ3v) is 5.30. The first-order valence-electron chi connectivity index (χ1n) is 8.86. The Hall–Kier alpha value is -1.00. The van der Waals surface area contributed by atoms with Crippen molar-refractivity contribution in [1.29, 1.82) is 0 Å². The van der Waals surface area contributed by atoms with Crippen molar-refractivity contribution < 1.29 is 4.79 Å². The summed E-state index contributed by atoms with van der Waals surface area (Å²) in [7, 11) is 0. The Kier molecular flexibility index (Phi) is 8.54. The number of aryl methyl sites for hydroxylation is 1. The average molecular weight is 335 g/mol. The second kappa shape index (κ2) is 10.7. The molecule has 1 aliphatic rings. The molecule has 1 saturated heterocycles. The highest BCUT2D eigenvalue weighted by Crippen LogP contribution is 2.12. The van der Waals surface area contributed by atoms with Gasteiger partial charge in [-0.3, -0.25) is 4.79 Å². The van der Waals surface area contributed by atoms with E-state index in [-0.39, 0.29) is 5.91 Å². The molecule has 4 heteroatoms. The summed E-state index contributed by atoms with van der Waals surface area (Å²) in [6.07, 6.45) is 6.50. The molecule has 0 saturated carbocycles. The van der Waals surface area contributed by atoms with E-state index in [2.05, 4.69) is 41.4 Å². The van der Waals surface area contributed by atoms with Crippen molar-refractivity contribution in [1.82, 2.24) is 10.2 Å². The van der Waals surface area contributed by atoms with Crippen molar-refractivity contribution in [2.45, 2.75) is 44.8 Å². The number of likely N-dealkylation sites (tertiary alicyclic amines) is 1. The van der Waals surface area contributed by atoms with Gasteiger partial charge in [-0.05, 0) is 51.4 Å². The van der Waals surface area contributed by atoms with E-state index in [4.69, 9.17) is 0 Å². The molecule has 3 nitrogen and oxygen atoms in total. The Balaban J connectivity index is 1.50. The van der Waals surface area contributed by atoms with E-state index < -0.39 is 0 Å². The normalized spacial score (nSPS) is 16.0. The summed E-state index contributed by atoms with van der Waals surface area (Å²) in [5.74, 6) is 1.62. The van der Waals surface area contributed by atoms with Crippen LogP contribution in [-0.2, 0) is 10.5 Å². The first-order chi connectivity index (χ1) is 11.2. The first kappa shape index (κ1) is 18.3. The summed E-state index contributed by atoms with van der Waals surface area (Å²) in [5, 5.41) is 3.05. The molecule has 0 atom stereocenters. The van der Waals surface area contributed by atoms with Crippen LogP contribution in [-0.4, -0.2) is 42.7 Å². The Morgan fingerprint density at radius 3 is 2.52 bits per heavy atom. The third kappa shape index (κ3) is 7.89. The molecule has 23 heavy (non-hydrogen) atoms. The van der Waals surface area contributed by atoms with Crippen molar-refractivity contribution >= 4 is 17.7 Å². The van der Waals surface area contributed by atoms with E-state index in [0.29, 0.717) is 5.75 Å². The number of thioether (sulfide) groups is 1. The number of benzene rings is 1. The maximum atomic E-state index is 11.8. The van der Waals surface area contributed by atoms with Gasteiger partial charge in [0.1, 0.15) is 0 Å². The van der Waals surface area contributed by atoms with Gasteiger partial charge in [-0.1, -0.05) is 42.7 Å². The Morgan fingerprint density at radius 1 is 1.13 bits per heavy atom. The van der Waals surface area contributed by atoms with Crippen LogP contribution in [0.3, 0.4) is 0 Å². The fraction of sp³-hybridized carbons (Fsp3) is 0.632. The molecule has 0 radical (unpaired) electrons. The Labute approximate surface area is 145 Å². The largest absolute Gasteiger partial charge is 0.355 e.